The summed E-state index contributed by atoms with van der Waals surface area (Å²) < 4.78 is 0. The molecule has 0 saturated carbocycles. The van der Waals surface area contributed by atoms with Crippen LogP contribution in [0, 0.1) is 0 Å². The van der Waals surface area contributed by atoms with Crippen molar-refractivity contribution in [1.29, 1.82) is 0 Å². The highest BCUT2D eigenvalue weighted by Crippen LogP contribution is 2.29. The average molecular weight is 272 g/mol. The van der Waals surface area contributed by atoms with Gasteiger partial charge in [0.05, 0.1) is 10.5 Å². The first-order chi connectivity index (χ1) is 9.24. The van der Waals surface area contributed by atoms with Gasteiger partial charge in [0.15, 0.2) is 0 Å². The van der Waals surface area contributed by atoms with E-state index >= 15 is 0 Å². The van der Waals surface area contributed by atoms with Crippen LogP contribution in [0.3, 0.4) is 0 Å². The summed E-state index contributed by atoms with van der Waals surface area (Å²) in [5.41, 5.74) is 1.57. The molecule has 3 rings (SSSR count). The van der Waals surface area contributed by atoms with Crippen LogP contribution in [0.25, 0.3) is 10.9 Å². The largest absolute Gasteiger partial charge is 0.506 e. The predicted octanol–water partition coefficient (Wildman–Crippen LogP) is 3.73. The Hall–Kier alpha value is -2.33. The number of aromatic nitrogens is 2. The van der Waals surface area contributed by atoms with Gasteiger partial charge < -0.3 is 10.4 Å². The zero-order valence-electron chi connectivity index (χ0n) is 9.84. The van der Waals surface area contributed by atoms with Crippen LogP contribution in [0.15, 0.2) is 48.8 Å². The molecule has 5 heteroatoms. The standard InChI is InChI=1S/C14H10ClN3O/c15-11-6-5-9(7-13(11)19)18-14-10-3-1-2-4-12(10)16-8-17-14/h1-8,19H,(H,16,17,18). The van der Waals surface area contributed by atoms with Crippen LogP contribution in [-0.4, -0.2) is 15.1 Å². The summed E-state index contributed by atoms with van der Waals surface area (Å²) in [6, 6.07) is 12.7. The van der Waals surface area contributed by atoms with Crippen molar-refractivity contribution >= 4 is 34.0 Å². The third-order valence-corrected chi connectivity index (χ3v) is 3.07. The van der Waals surface area contributed by atoms with Gasteiger partial charge >= 0.3 is 0 Å². The Balaban J connectivity index is 2.03. The summed E-state index contributed by atoms with van der Waals surface area (Å²) in [5, 5.41) is 14.0. The molecule has 0 radical (unpaired) electrons. The van der Waals surface area contributed by atoms with Crippen molar-refractivity contribution in [2.24, 2.45) is 0 Å². The molecule has 2 aromatic carbocycles. The van der Waals surface area contributed by atoms with Gasteiger partial charge in [0.25, 0.3) is 0 Å². The molecule has 2 N–H and O–H groups in total. The number of para-hydroxylation sites is 1. The fraction of sp³-hybridized carbons (Fsp3) is 0. The molecule has 0 aliphatic carbocycles. The molecule has 0 saturated heterocycles. The van der Waals surface area contributed by atoms with Crippen LogP contribution in [0.2, 0.25) is 5.02 Å². The molecule has 0 unspecified atom stereocenters. The molecule has 0 amide bonds. The lowest BCUT2D eigenvalue weighted by Gasteiger charge is -2.08. The Morgan fingerprint density at radius 1 is 1.05 bits per heavy atom. The van der Waals surface area contributed by atoms with E-state index in [-0.39, 0.29) is 5.75 Å². The van der Waals surface area contributed by atoms with E-state index in [9.17, 15) is 5.11 Å². The molecule has 0 bridgehead atoms. The van der Waals surface area contributed by atoms with E-state index in [2.05, 4.69) is 15.3 Å². The van der Waals surface area contributed by atoms with Gasteiger partial charge in [0, 0.05) is 17.1 Å². The lowest BCUT2D eigenvalue weighted by Crippen LogP contribution is -1.95. The Kier molecular flexibility index (Phi) is 2.93. The lowest BCUT2D eigenvalue weighted by atomic mass is 10.2. The molecule has 0 spiro atoms. The highest BCUT2D eigenvalue weighted by Gasteiger charge is 2.05. The number of nitrogens with zero attached hydrogens (tertiary/aromatic N) is 2. The summed E-state index contributed by atoms with van der Waals surface area (Å²) in [7, 11) is 0. The summed E-state index contributed by atoms with van der Waals surface area (Å²) in [4.78, 5) is 8.41. The van der Waals surface area contributed by atoms with E-state index in [1.54, 1.807) is 18.2 Å². The fourth-order valence-corrected chi connectivity index (χ4v) is 1.95. The van der Waals surface area contributed by atoms with Crippen molar-refractivity contribution in [2.75, 3.05) is 5.32 Å². The van der Waals surface area contributed by atoms with E-state index in [1.165, 1.54) is 6.33 Å². The first-order valence-electron chi connectivity index (χ1n) is 5.69. The van der Waals surface area contributed by atoms with Gasteiger partial charge in [-0.15, -0.1) is 0 Å². The van der Waals surface area contributed by atoms with Crippen LogP contribution >= 0.6 is 11.6 Å². The maximum atomic E-state index is 9.59. The summed E-state index contributed by atoms with van der Waals surface area (Å²) >= 11 is 5.78. The number of rotatable bonds is 2. The van der Waals surface area contributed by atoms with Crippen molar-refractivity contribution < 1.29 is 5.11 Å². The predicted molar refractivity (Wildman–Crippen MR) is 75.9 cm³/mol. The number of fused-ring (bicyclic) bond motifs is 1. The summed E-state index contributed by atoms with van der Waals surface area (Å²) in [6.45, 7) is 0. The van der Waals surface area contributed by atoms with Crippen LogP contribution < -0.4 is 5.32 Å². The Morgan fingerprint density at radius 3 is 2.74 bits per heavy atom. The quantitative estimate of drug-likeness (QED) is 0.746. The van der Waals surface area contributed by atoms with Crippen LogP contribution in [0.1, 0.15) is 0 Å². The molecule has 3 aromatic rings. The number of anilines is 2. The van der Waals surface area contributed by atoms with Gasteiger partial charge in [-0.05, 0) is 24.3 Å². The minimum atomic E-state index is 0.0324. The molecule has 1 aromatic heterocycles. The number of aromatic hydroxyl groups is 1. The Labute approximate surface area is 114 Å². The van der Waals surface area contributed by atoms with Gasteiger partial charge in [0.2, 0.25) is 0 Å². The summed E-state index contributed by atoms with van der Waals surface area (Å²) in [5.74, 6) is 0.720. The second-order valence-corrected chi connectivity index (χ2v) is 4.44. The topological polar surface area (TPSA) is 58.0 Å². The second kappa shape index (κ2) is 4.74. The monoisotopic (exact) mass is 271 g/mol. The number of phenolic OH excluding ortho intramolecular Hbond substituents is 1. The maximum Gasteiger partial charge on any atom is 0.141 e. The summed E-state index contributed by atoms with van der Waals surface area (Å²) in [6.07, 6.45) is 1.50. The molecule has 19 heavy (non-hydrogen) atoms. The number of halogens is 1. The number of nitrogens with one attached hydrogen (secondary N) is 1. The molecule has 0 aliphatic rings. The normalized spacial score (nSPS) is 10.6. The van der Waals surface area contributed by atoms with Crippen LogP contribution in [0.4, 0.5) is 11.5 Å². The number of phenols is 1. The molecular weight excluding hydrogens is 262 g/mol. The second-order valence-electron chi connectivity index (χ2n) is 4.03. The number of hydrogen-bond donors (Lipinski definition) is 2. The van der Waals surface area contributed by atoms with Crippen LogP contribution in [-0.2, 0) is 0 Å². The maximum absolute atomic E-state index is 9.59. The minimum Gasteiger partial charge on any atom is -0.506 e. The molecule has 4 nitrogen and oxygen atoms in total. The molecular formula is C14H10ClN3O. The van der Waals surface area contributed by atoms with E-state index in [0.29, 0.717) is 16.5 Å². The van der Waals surface area contributed by atoms with E-state index in [4.69, 9.17) is 11.6 Å². The average Bonchev–Trinajstić information content (AvgIpc) is 2.43. The molecule has 94 valence electrons. The Bertz CT molecular complexity index is 740. The minimum absolute atomic E-state index is 0.0324. The Morgan fingerprint density at radius 2 is 1.89 bits per heavy atom. The van der Waals surface area contributed by atoms with Gasteiger partial charge in [0.1, 0.15) is 17.9 Å². The smallest absolute Gasteiger partial charge is 0.141 e. The van der Waals surface area contributed by atoms with Gasteiger partial charge in [-0.2, -0.15) is 0 Å². The highest BCUT2D eigenvalue weighted by atomic mass is 35.5. The fourth-order valence-electron chi connectivity index (χ4n) is 1.83. The van der Waals surface area contributed by atoms with Crippen molar-refractivity contribution in [3.05, 3.63) is 53.8 Å². The lowest BCUT2D eigenvalue weighted by molar-refractivity contribution is 0.476. The SMILES string of the molecule is Oc1cc(Nc2ncnc3ccccc23)ccc1Cl. The number of hydrogen-bond acceptors (Lipinski definition) is 4. The van der Waals surface area contributed by atoms with Gasteiger partial charge in [-0.1, -0.05) is 23.7 Å². The first-order valence-corrected chi connectivity index (χ1v) is 6.07. The van der Waals surface area contributed by atoms with E-state index in [1.807, 2.05) is 24.3 Å². The van der Waals surface area contributed by atoms with Crippen molar-refractivity contribution in [1.82, 2.24) is 9.97 Å². The molecule has 0 atom stereocenters. The van der Waals surface area contributed by atoms with Crippen molar-refractivity contribution in [3.8, 4) is 5.75 Å². The van der Waals surface area contributed by atoms with Crippen molar-refractivity contribution in [2.45, 2.75) is 0 Å². The number of benzene rings is 2. The van der Waals surface area contributed by atoms with E-state index in [0.717, 1.165) is 10.9 Å². The van der Waals surface area contributed by atoms with Crippen LogP contribution in [0.5, 0.6) is 5.75 Å². The van der Waals surface area contributed by atoms with Gasteiger partial charge in [-0.3, -0.25) is 0 Å². The molecule has 0 aliphatic heterocycles. The van der Waals surface area contributed by atoms with Gasteiger partial charge in [-0.25, -0.2) is 9.97 Å². The third-order valence-electron chi connectivity index (χ3n) is 2.75. The zero-order chi connectivity index (χ0) is 13.2. The zero-order valence-corrected chi connectivity index (χ0v) is 10.6. The first kappa shape index (κ1) is 11.7. The third kappa shape index (κ3) is 2.30. The molecule has 0 fully saturated rings. The van der Waals surface area contributed by atoms with Crippen molar-refractivity contribution in [3.63, 3.8) is 0 Å². The highest BCUT2D eigenvalue weighted by molar-refractivity contribution is 6.32. The van der Waals surface area contributed by atoms with E-state index < -0.39 is 0 Å². The molecule has 1 heterocycles.